The number of hydrogen-bond acceptors (Lipinski definition) is 4. The van der Waals surface area contributed by atoms with Crippen molar-refractivity contribution >= 4 is 22.8 Å². The van der Waals surface area contributed by atoms with Gasteiger partial charge in [-0.25, -0.2) is 4.79 Å². The van der Waals surface area contributed by atoms with Gasteiger partial charge in [0.1, 0.15) is 0 Å². The summed E-state index contributed by atoms with van der Waals surface area (Å²) >= 11 is 0. The molecule has 1 fully saturated rings. The number of fused-ring (bicyclic) bond motifs is 1. The van der Waals surface area contributed by atoms with Crippen molar-refractivity contribution in [1.29, 1.82) is 0 Å². The van der Waals surface area contributed by atoms with E-state index in [1.54, 1.807) is 6.92 Å². The number of amides is 1. The number of aromatic amines is 1. The van der Waals surface area contributed by atoms with Crippen LogP contribution in [0.15, 0.2) is 27.8 Å². The zero-order chi connectivity index (χ0) is 17.4. The van der Waals surface area contributed by atoms with Crippen molar-refractivity contribution in [1.82, 2.24) is 14.5 Å². The van der Waals surface area contributed by atoms with Crippen LogP contribution in [0.3, 0.4) is 0 Å². The molecule has 1 aliphatic rings. The number of H-pyrrole nitrogens is 1. The van der Waals surface area contributed by atoms with Gasteiger partial charge in [0.15, 0.2) is 0 Å². The molecule has 0 bridgehead atoms. The molecule has 1 atom stereocenters. The van der Waals surface area contributed by atoms with Gasteiger partial charge in [-0.15, -0.1) is 0 Å². The Balaban J connectivity index is 1.97. The highest BCUT2D eigenvalue weighted by molar-refractivity contribution is 5.98. The van der Waals surface area contributed by atoms with Crippen LogP contribution in [-0.4, -0.2) is 44.5 Å². The summed E-state index contributed by atoms with van der Waals surface area (Å²) in [5.74, 6) is -1.76. The summed E-state index contributed by atoms with van der Waals surface area (Å²) < 4.78 is 1.09. The molecule has 1 aliphatic heterocycles. The lowest BCUT2D eigenvalue weighted by molar-refractivity contribution is -0.141. The molecule has 126 valence electrons. The fourth-order valence-corrected chi connectivity index (χ4v) is 3.00. The predicted octanol–water partition coefficient (Wildman–Crippen LogP) is 0.256. The average molecular weight is 331 g/mol. The first-order valence-electron chi connectivity index (χ1n) is 7.71. The molecule has 0 saturated carbocycles. The van der Waals surface area contributed by atoms with E-state index < -0.39 is 23.1 Å². The minimum Gasteiger partial charge on any atom is -0.481 e. The number of carbonyl (C=O) groups excluding carboxylic acids is 1. The van der Waals surface area contributed by atoms with E-state index in [1.165, 1.54) is 23.1 Å². The molecule has 8 heteroatoms. The van der Waals surface area contributed by atoms with E-state index in [0.717, 1.165) is 4.57 Å². The highest BCUT2D eigenvalue weighted by Crippen LogP contribution is 2.20. The van der Waals surface area contributed by atoms with Gasteiger partial charge in [-0.1, -0.05) is 0 Å². The topological polar surface area (TPSA) is 112 Å². The molecule has 8 nitrogen and oxygen atoms in total. The number of aromatic nitrogens is 2. The Morgan fingerprint density at radius 1 is 1.33 bits per heavy atom. The molecule has 2 N–H and O–H groups in total. The van der Waals surface area contributed by atoms with E-state index in [1.807, 2.05) is 0 Å². The van der Waals surface area contributed by atoms with Gasteiger partial charge in [-0.2, -0.15) is 0 Å². The number of likely N-dealkylation sites (tertiary alicyclic amines) is 1. The van der Waals surface area contributed by atoms with Gasteiger partial charge in [-0.3, -0.25) is 19.0 Å². The first-order valence-corrected chi connectivity index (χ1v) is 7.71. The summed E-state index contributed by atoms with van der Waals surface area (Å²) in [6.07, 6.45) is 0.423. The molecule has 0 unspecified atom stereocenters. The van der Waals surface area contributed by atoms with Gasteiger partial charge in [0.05, 0.1) is 16.8 Å². The van der Waals surface area contributed by atoms with Crippen molar-refractivity contribution in [2.24, 2.45) is 5.92 Å². The van der Waals surface area contributed by atoms with Gasteiger partial charge in [0, 0.05) is 25.2 Å². The molecule has 3 rings (SSSR count). The molecular weight excluding hydrogens is 314 g/mol. The first kappa shape index (κ1) is 16.0. The molecule has 2 aromatic rings. The molecule has 2 heterocycles. The molecule has 1 amide bonds. The Labute approximate surface area is 136 Å². The molecule has 1 saturated heterocycles. The van der Waals surface area contributed by atoms with Gasteiger partial charge in [0.2, 0.25) is 0 Å². The van der Waals surface area contributed by atoms with E-state index in [2.05, 4.69) is 4.98 Å². The fraction of sp³-hybridized carbons (Fsp3) is 0.375. The zero-order valence-electron chi connectivity index (χ0n) is 13.1. The SMILES string of the molecule is CCn1c(=O)[nH]c2cc(C(=O)N3CC[C@H](C(=O)O)C3)ccc2c1=O. The smallest absolute Gasteiger partial charge is 0.328 e. The minimum absolute atomic E-state index is 0.167. The molecular formula is C16H17N3O5. The second-order valence-electron chi connectivity index (χ2n) is 5.81. The number of hydrogen-bond donors (Lipinski definition) is 2. The fourth-order valence-electron chi connectivity index (χ4n) is 3.00. The summed E-state index contributed by atoms with van der Waals surface area (Å²) in [6, 6.07) is 4.50. The lowest BCUT2D eigenvalue weighted by Crippen LogP contribution is -2.34. The van der Waals surface area contributed by atoms with Gasteiger partial charge >= 0.3 is 11.7 Å². The van der Waals surface area contributed by atoms with Crippen molar-refractivity contribution in [2.75, 3.05) is 13.1 Å². The number of carboxylic acid groups (broad SMARTS) is 1. The number of benzene rings is 1. The third kappa shape index (κ3) is 2.60. The number of nitrogens with zero attached hydrogens (tertiary/aromatic N) is 2. The maximum absolute atomic E-state index is 12.5. The van der Waals surface area contributed by atoms with E-state index >= 15 is 0 Å². The van der Waals surface area contributed by atoms with Gasteiger partial charge in [-0.05, 0) is 31.5 Å². The summed E-state index contributed by atoms with van der Waals surface area (Å²) in [7, 11) is 0. The Hall–Kier alpha value is -2.90. The Bertz CT molecular complexity index is 943. The van der Waals surface area contributed by atoms with Crippen LogP contribution in [0.1, 0.15) is 23.7 Å². The van der Waals surface area contributed by atoms with Crippen LogP contribution in [0.25, 0.3) is 10.9 Å². The van der Waals surface area contributed by atoms with Crippen molar-refractivity contribution < 1.29 is 14.7 Å². The molecule has 24 heavy (non-hydrogen) atoms. The highest BCUT2D eigenvalue weighted by atomic mass is 16.4. The van der Waals surface area contributed by atoms with E-state index in [0.29, 0.717) is 29.4 Å². The largest absolute Gasteiger partial charge is 0.481 e. The van der Waals surface area contributed by atoms with Crippen molar-refractivity contribution in [3.05, 3.63) is 44.6 Å². The molecule has 1 aromatic heterocycles. The van der Waals surface area contributed by atoms with E-state index in [-0.39, 0.29) is 19.0 Å². The molecule has 0 spiro atoms. The van der Waals surface area contributed by atoms with E-state index in [4.69, 9.17) is 5.11 Å². The maximum atomic E-state index is 12.5. The Morgan fingerprint density at radius 3 is 2.71 bits per heavy atom. The van der Waals surface area contributed by atoms with Crippen molar-refractivity contribution in [3.63, 3.8) is 0 Å². The van der Waals surface area contributed by atoms with Crippen LogP contribution < -0.4 is 11.2 Å². The minimum atomic E-state index is -0.909. The molecule has 0 aliphatic carbocycles. The zero-order valence-corrected chi connectivity index (χ0v) is 13.1. The Kier molecular flexibility index (Phi) is 3.96. The number of aliphatic carboxylic acids is 1. The maximum Gasteiger partial charge on any atom is 0.328 e. The van der Waals surface area contributed by atoms with E-state index in [9.17, 15) is 19.2 Å². The summed E-state index contributed by atoms with van der Waals surface area (Å²) in [5, 5.41) is 9.35. The van der Waals surface area contributed by atoms with Crippen LogP contribution in [-0.2, 0) is 11.3 Å². The lowest BCUT2D eigenvalue weighted by Gasteiger charge is -2.16. The van der Waals surface area contributed by atoms with Crippen LogP contribution in [0, 0.1) is 5.92 Å². The third-order valence-electron chi connectivity index (χ3n) is 4.37. The number of rotatable bonds is 3. The van der Waals surface area contributed by atoms with Crippen molar-refractivity contribution in [3.8, 4) is 0 Å². The highest BCUT2D eigenvalue weighted by Gasteiger charge is 2.31. The van der Waals surface area contributed by atoms with Gasteiger partial charge < -0.3 is 15.0 Å². The standard InChI is InChI=1S/C16H17N3O5/c1-2-19-14(21)11-4-3-9(7-12(11)17-16(19)24)13(20)18-6-5-10(8-18)15(22)23/h3-4,7,10H,2,5-6,8H2,1H3,(H,17,24)(H,22,23)/t10-/m0/s1. The van der Waals surface area contributed by atoms with Crippen LogP contribution in [0.4, 0.5) is 0 Å². The first-order chi connectivity index (χ1) is 11.4. The van der Waals surface area contributed by atoms with Crippen LogP contribution in [0.5, 0.6) is 0 Å². The third-order valence-corrected chi connectivity index (χ3v) is 4.37. The predicted molar refractivity (Wildman–Crippen MR) is 86.1 cm³/mol. The summed E-state index contributed by atoms with van der Waals surface area (Å²) in [4.78, 5) is 51.7. The average Bonchev–Trinajstić information content (AvgIpc) is 3.04. The summed E-state index contributed by atoms with van der Waals surface area (Å²) in [5.41, 5.74) is -0.304. The van der Waals surface area contributed by atoms with Crippen LogP contribution in [0.2, 0.25) is 0 Å². The number of nitrogens with one attached hydrogen (secondary N) is 1. The number of carboxylic acids is 1. The second-order valence-corrected chi connectivity index (χ2v) is 5.81. The summed E-state index contributed by atoms with van der Waals surface area (Å²) in [6.45, 7) is 2.50. The molecule has 0 radical (unpaired) electrons. The second kappa shape index (κ2) is 5.95. The quantitative estimate of drug-likeness (QED) is 0.837. The van der Waals surface area contributed by atoms with Crippen molar-refractivity contribution in [2.45, 2.75) is 19.9 Å². The Morgan fingerprint density at radius 2 is 2.08 bits per heavy atom. The van der Waals surface area contributed by atoms with Gasteiger partial charge in [0.25, 0.3) is 11.5 Å². The van der Waals surface area contributed by atoms with Crippen LogP contribution >= 0.6 is 0 Å². The lowest BCUT2D eigenvalue weighted by atomic mass is 10.1. The molecule has 1 aromatic carbocycles. The number of carbonyl (C=O) groups is 2. The normalized spacial score (nSPS) is 17.4. The monoisotopic (exact) mass is 331 g/mol.